The maximum absolute atomic E-state index is 4.44. The number of rotatable bonds is 7. The summed E-state index contributed by atoms with van der Waals surface area (Å²) in [5.41, 5.74) is 1.45. The molecule has 2 unspecified atom stereocenters. The topological polar surface area (TPSA) is 29.9 Å². The van der Waals surface area contributed by atoms with Crippen LogP contribution in [0, 0.1) is 5.92 Å². The van der Waals surface area contributed by atoms with E-state index in [1.165, 1.54) is 31.4 Å². The summed E-state index contributed by atoms with van der Waals surface area (Å²) in [6.07, 6.45) is 9.43. The number of aromatic nitrogens is 2. The average Bonchev–Trinajstić information content (AvgIpc) is 2.72. The standard InChI is InChI=1S/C14H25N3/c1-3-7-15-9-12-5-6-14(12)13-10-16-17(11-13)8-4-2/h10-12,14-15H,3-9H2,1-2H3. The molecule has 1 aromatic heterocycles. The fourth-order valence-corrected chi connectivity index (χ4v) is 2.64. The predicted molar refractivity (Wildman–Crippen MR) is 71.1 cm³/mol. The molecule has 1 fully saturated rings. The highest BCUT2D eigenvalue weighted by molar-refractivity contribution is 5.16. The molecule has 0 amide bonds. The van der Waals surface area contributed by atoms with Crippen molar-refractivity contribution in [3.8, 4) is 0 Å². The minimum atomic E-state index is 0.755. The molecular weight excluding hydrogens is 210 g/mol. The summed E-state index contributed by atoms with van der Waals surface area (Å²) in [7, 11) is 0. The first-order valence-electron chi connectivity index (χ1n) is 7.08. The van der Waals surface area contributed by atoms with Crippen molar-refractivity contribution in [2.24, 2.45) is 5.92 Å². The van der Waals surface area contributed by atoms with Crippen molar-refractivity contribution in [3.63, 3.8) is 0 Å². The summed E-state index contributed by atoms with van der Waals surface area (Å²) in [5.74, 6) is 1.59. The number of aryl methyl sites for hydroxylation is 1. The minimum absolute atomic E-state index is 0.755. The molecule has 2 rings (SSSR count). The van der Waals surface area contributed by atoms with Gasteiger partial charge in [0, 0.05) is 12.7 Å². The first-order chi connectivity index (χ1) is 8.35. The molecule has 1 aliphatic carbocycles. The zero-order valence-electron chi connectivity index (χ0n) is 11.2. The Balaban J connectivity index is 1.84. The Labute approximate surface area is 105 Å². The van der Waals surface area contributed by atoms with Gasteiger partial charge in [0.1, 0.15) is 0 Å². The molecule has 2 atom stereocenters. The zero-order chi connectivity index (χ0) is 12.1. The summed E-state index contributed by atoms with van der Waals surface area (Å²) in [5, 5.41) is 7.98. The van der Waals surface area contributed by atoms with E-state index in [0.29, 0.717) is 0 Å². The molecule has 0 saturated heterocycles. The molecule has 0 aromatic carbocycles. The Hall–Kier alpha value is -0.830. The molecule has 1 aromatic rings. The Morgan fingerprint density at radius 1 is 1.35 bits per heavy atom. The largest absolute Gasteiger partial charge is 0.316 e. The Bertz CT molecular complexity index is 332. The number of hydrogen-bond donors (Lipinski definition) is 1. The summed E-state index contributed by atoms with van der Waals surface area (Å²) in [4.78, 5) is 0. The fourth-order valence-electron chi connectivity index (χ4n) is 2.64. The van der Waals surface area contributed by atoms with Crippen molar-refractivity contribution in [2.45, 2.75) is 52.0 Å². The van der Waals surface area contributed by atoms with Gasteiger partial charge < -0.3 is 5.32 Å². The highest BCUT2D eigenvalue weighted by atomic mass is 15.3. The molecule has 96 valence electrons. The molecule has 0 aliphatic heterocycles. The molecule has 1 heterocycles. The van der Waals surface area contributed by atoms with Gasteiger partial charge in [-0.2, -0.15) is 5.10 Å². The molecule has 17 heavy (non-hydrogen) atoms. The zero-order valence-corrected chi connectivity index (χ0v) is 11.2. The Morgan fingerprint density at radius 2 is 2.24 bits per heavy atom. The normalized spacial score (nSPS) is 23.6. The second-order valence-corrected chi connectivity index (χ2v) is 5.18. The minimum Gasteiger partial charge on any atom is -0.316 e. The molecule has 1 saturated carbocycles. The molecule has 3 heteroatoms. The molecule has 1 aliphatic rings. The van der Waals surface area contributed by atoms with E-state index in [2.05, 4.69) is 41.3 Å². The van der Waals surface area contributed by atoms with Crippen molar-refractivity contribution in [1.82, 2.24) is 15.1 Å². The predicted octanol–water partition coefficient (Wildman–Crippen LogP) is 2.79. The third kappa shape index (κ3) is 3.09. The van der Waals surface area contributed by atoms with Crippen LogP contribution in [0.3, 0.4) is 0 Å². The lowest BCUT2D eigenvalue weighted by Gasteiger charge is -2.36. The molecule has 0 spiro atoms. The maximum atomic E-state index is 4.44. The van der Waals surface area contributed by atoms with Gasteiger partial charge in [0.05, 0.1) is 6.20 Å². The van der Waals surface area contributed by atoms with Crippen LogP contribution >= 0.6 is 0 Å². The van der Waals surface area contributed by atoms with E-state index in [9.17, 15) is 0 Å². The van der Waals surface area contributed by atoms with Crippen molar-refractivity contribution in [2.75, 3.05) is 13.1 Å². The van der Waals surface area contributed by atoms with Crippen molar-refractivity contribution >= 4 is 0 Å². The lowest BCUT2D eigenvalue weighted by atomic mass is 9.71. The van der Waals surface area contributed by atoms with Crippen LogP contribution in [0.5, 0.6) is 0 Å². The van der Waals surface area contributed by atoms with Crippen LogP contribution < -0.4 is 5.32 Å². The van der Waals surface area contributed by atoms with Gasteiger partial charge in [0.2, 0.25) is 0 Å². The van der Waals surface area contributed by atoms with Gasteiger partial charge in [0.15, 0.2) is 0 Å². The summed E-state index contributed by atoms with van der Waals surface area (Å²) in [6.45, 7) is 7.80. The number of hydrogen-bond acceptors (Lipinski definition) is 2. The van der Waals surface area contributed by atoms with E-state index in [-0.39, 0.29) is 0 Å². The van der Waals surface area contributed by atoms with Crippen molar-refractivity contribution in [1.29, 1.82) is 0 Å². The van der Waals surface area contributed by atoms with Crippen LogP contribution in [0.1, 0.15) is 51.0 Å². The SMILES string of the molecule is CCCNCC1CCC1c1cnn(CCC)c1. The van der Waals surface area contributed by atoms with E-state index >= 15 is 0 Å². The fraction of sp³-hybridized carbons (Fsp3) is 0.786. The van der Waals surface area contributed by atoms with Crippen LogP contribution in [0.2, 0.25) is 0 Å². The van der Waals surface area contributed by atoms with Crippen LogP contribution in [0.15, 0.2) is 12.4 Å². The van der Waals surface area contributed by atoms with Crippen molar-refractivity contribution in [3.05, 3.63) is 18.0 Å². The van der Waals surface area contributed by atoms with E-state index in [0.717, 1.165) is 31.3 Å². The first kappa shape index (κ1) is 12.6. The quantitative estimate of drug-likeness (QED) is 0.737. The second-order valence-electron chi connectivity index (χ2n) is 5.18. The smallest absolute Gasteiger partial charge is 0.0524 e. The van der Waals surface area contributed by atoms with E-state index in [4.69, 9.17) is 0 Å². The van der Waals surface area contributed by atoms with Gasteiger partial charge in [-0.05, 0) is 56.2 Å². The third-order valence-electron chi connectivity index (χ3n) is 3.78. The Kier molecular flexibility index (Phi) is 4.60. The highest BCUT2D eigenvalue weighted by Gasteiger charge is 2.32. The summed E-state index contributed by atoms with van der Waals surface area (Å²) < 4.78 is 2.09. The van der Waals surface area contributed by atoms with E-state index in [1.807, 2.05) is 0 Å². The van der Waals surface area contributed by atoms with Crippen LogP contribution in [0.4, 0.5) is 0 Å². The van der Waals surface area contributed by atoms with Crippen LogP contribution in [-0.2, 0) is 6.54 Å². The third-order valence-corrected chi connectivity index (χ3v) is 3.78. The second kappa shape index (κ2) is 6.20. The number of nitrogens with zero attached hydrogens (tertiary/aromatic N) is 2. The monoisotopic (exact) mass is 235 g/mol. The van der Waals surface area contributed by atoms with E-state index < -0.39 is 0 Å². The van der Waals surface area contributed by atoms with Gasteiger partial charge in [-0.15, -0.1) is 0 Å². The summed E-state index contributed by atoms with van der Waals surface area (Å²) >= 11 is 0. The maximum Gasteiger partial charge on any atom is 0.0524 e. The van der Waals surface area contributed by atoms with Gasteiger partial charge in [0.25, 0.3) is 0 Å². The van der Waals surface area contributed by atoms with Crippen LogP contribution in [-0.4, -0.2) is 22.9 Å². The molecule has 3 nitrogen and oxygen atoms in total. The average molecular weight is 235 g/mol. The van der Waals surface area contributed by atoms with Gasteiger partial charge >= 0.3 is 0 Å². The Morgan fingerprint density at radius 3 is 2.88 bits per heavy atom. The van der Waals surface area contributed by atoms with Crippen LogP contribution in [0.25, 0.3) is 0 Å². The molecule has 0 bridgehead atoms. The lowest BCUT2D eigenvalue weighted by Crippen LogP contribution is -2.34. The van der Waals surface area contributed by atoms with E-state index in [1.54, 1.807) is 0 Å². The molecular formula is C14H25N3. The van der Waals surface area contributed by atoms with Crippen molar-refractivity contribution < 1.29 is 0 Å². The van der Waals surface area contributed by atoms with Gasteiger partial charge in [-0.25, -0.2) is 0 Å². The lowest BCUT2D eigenvalue weighted by molar-refractivity contribution is 0.246. The first-order valence-corrected chi connectivity index (χ1v) is 7.08. The number of nitrogens with one attached hydrogen (secondary N) is 1. The van der Waals surface area contributed by atoms with Gasteiger partial charge in [-0.3, -0.25) is 4.68 Å². The highest BCUT2D eigenvalue weighted by Crippen LogP contribution is 2.41. The summed E-state index contributed by atoms with van der Waals surface area (Å²) in [6, 6.07) is 0. The molecule has 0 radical (unpaired) electrons. The molecule has 1 N–H and O–H groups in total. The van der Waals surface area contributed by atoms with Gasteiger partial charge in [-0.1, -0.05) is 13.8 Å².